The molecule has 19 heavy (non-hydrogen) atoms. The first-order valence-corrected chi connectivity index (χ1v) is 9.91. The van der Waals surface area contributed by atoms with Crippen LogP contribution in [-0.4, -0.2) is 36.1 Å². The number of aromatic nitrogens is 1. The molecule has 3 nitrogen and oxygen atoms in total. The molecule has 0 aliphatic heterocycles. The van der Waals surface area contributed by atoms with Gasteiger partial charge in [0.25, 0.3) is 0 Å². The van der Waals surface area contributed by atoms with E-state index in [9.17, 15) is 10.2 Å². The van der Waals surface area contributed by atoms with Gasteiger partial charge < -0.3 is 0 Å². The third kappa shape index (κ3) is 5.20. The zero-order chi connectivity index (χ0) is 14.3. The molecule has 1 aromatic heterocycles. The van der Waals surface area contributed by atoms with E-state index in [2.05, 4.69) is 11.9 Å². The van der Waals surface area contributed by atoms with Crippen molar-refractivity contribution in [1.29, 1.82) is 0 Å². The Balaban J connectivity index is 2.38. The van der Waals surface area contributed by atoms with E-state index in [1.807, 2.05) is 0 Å². The van der Waals surface area contributed by atoms with Crippen LogP contribution < -0.4 is 3.74 Å². The molecule has 0 bridgehead atoms. The number of unbranched alkanes of at least 4 members (excludes halogenated alkanes) is 5. The molecule has 0 unspecified atom stereocenters. The number of aromatic hydroxyl groups is 2. The Bertz CT molecular complexity index is 408. The van der Waals surface area contributed by atoms with Gasteiger partial charge in [0.2, 0.25) is 0 Å². The van der Waals surface area contributed by atoms with Gasteiger partial charge in [0.05, 0.1) is 0 Å². The first-order valence-electron chi connectivity index (χ1n) is 7.09. The van der Waals surface area contributed by atoms with E-state index in [0.29, 0.717) is 11.3 Å². The van der Waals surface area contributed by atoms with Crippen LogP contribution in [0.5, 0.6) is 11.5 Å². The minimum atomic E-state index is -0.427. The van der Waals surface area contributed by atoms with Gasteiger partial charge in [-0.3, -0.25) is 0 Å². The topological polar surface area (TPSA) is 53.4 Å². The predicted molar refractivity (Wildman–Crippen MR) is 80.6 cm³/mol. The summed E-state index contributed by atoms with van der Waals surface area (Å²) in [6.07, 6.45) is 7.84. The van der Waals surface area contributed by atoms with Crippen LogP contribution in [0.3, 0.4) is 0 Å². The third-order valence-corrected chi connectivity index (χ3v) is 6.26. The maximum absolute atomic E-state index is 9.99. The van der Waals surface area contributed by atoms with Crippen LogP contribution in [0.1, 0.15) is 56.7 Å². The molecule has 0 aromatic carbocycles. The molecule has 4 heteroatoms. The summed E-state index contributed by atoms with van der Waals surface area (Å²) in [4.78, 5) is 4.34. The molecule has 0 saturated heterocycles. The van der Waals surface area contributed by atoms with E-state index >= 15 is 0 Å². The molecule has 0 amide bonds. The Kier molecular flexibility index (Phi) is 7.56. The molecule has 1 heterocycles. The number of pyridine rings is 1. The summed E-state index contributed by atoms with van der Waals surface area (Å²) >= 11 is -0.427. The molecule has 1 rings (SSSR count). The van der Waals surface area contributed by atoms with Gasteiger partial charge >= 0.3 is 126 Å². The molecular formula is C15H25NO2Te. The number of nitrogens with zero attached hydrogens (tertiary/aromatic N) is 1. The molecule has 2 N–H and O–H groups in total. The summed E-state index contributed by atoms with van der Waals surface area (Å²) in [5.41, 5.74) is 1.22. The second-order valence-electron chi connectivity index (χ2n) is 4.94. The average molecular weight is 379 g/mol. The number of hydrogen-bond donors (Lipinski definition) is 2. The fraction of sp³-hybridized carbons (Fsp3) is 0.667. The van der Waals surface area contributed by atoms with Crippen LogP contribution in [0.15, 0.2) is 0 Å². The molecule has 0 aliphatic carbocycles. The summed E-state index contributed by atoms with van der Waals surface area (Å²) in [7, 11) is 0. The number of rotatable bonds is 8. The Hall–Kier alpha value is -0.460. The van der Waals surface area contributed by atoms with Gasteiger partial charge in [-0.15, -0.1) is 0 Å². The summed E-state index contributed by atoms with van der Waals surface area (Å²) in [5, 5.41) is 19.7. The fourth-order valence-electron chi connectivity index (χ4n) is 1.95. The van der Waals surface area contributed by atoms with Crippen molar-refractivity contribution < 1.29 is 10.2 Å². The number of hydrogen-bond acceptors (Lipinski definition) is 3. The van der Waals surface area contributed by atoms with E-state index in [1.165, 1.54) is 43.0 Å². The maximum atomic E-state index is 9.99. The van der Waals surface area contributed by atoms with Gasteiger partial charge in [0, 0.05) is 0 Å². The molecular weight excluding hydrogens is 354 g/mol. The summed E-state index contributed by atoms with van der Waals surface area (Å²) < 4.78 is 2.04. The standard InChI is InChI=1S/C15H25NO2Te/c1-4-5-6-7-8-9-10-19-15-14(18)11(2)13(17)12(3)16-15/h17-18H,4-10H2,1-3H3. The SMILES string of the molecule is CCCCCCCC[Te]c1nc(C)c(O)c(C)c1O. The van der Waals surface area contributed by atoms with Gasteiger partial charge in [0.15, 0.2) is 0 Å². The Morgan fingerprint density at radius 3 is 2.26 bits per heavy atom. The van der Waals surface area contributed by atoms with Gasteiger partial charge in [0.1, 0.15) is 0 Å². The monoisotopic (exact) mass is 381 g/mol. The van der Waals surface area contributed by atoms with Gasteiger partial charge in [-0.25, -0.2) is 0 Å². The van der Waals surface area contributed by atoms with Crippen LogP contribution >= 0.6 is 0 Å². The zero-order valence-electron chi connectivity index (χ0n) is 12.2. The van der Waals surface area contributed by atoms with Crippen molar-refractivity contribution in [3.8, 4) is 11.5 Å². The quantitative estimate of drug-likeness (QED) is 0.539. The van der Waals surface area contributed by atoms with Crippen LogP contribution in [0.25, 0.3) is 0 Å². The predicted octanol–water partition coefficient (Wildman–Crippen LogP) is 3.22. The van der Waals surface area contributed by atoms with E-state index in [1.54, 1.807) is 13.8 Å². The van der Waals surface area contributed by atoms with E-state index in [4.69, 9.17) is 0 Å². The van der Waals surface area contributed by atoms with Crippen molar-refractivity contribution in [2.75, 3.05) is 0 Å². The second kappa shape index (κ2) is 8.66. The third-order valence-electron chi connectivity index (χ3n) is 3.26. The van der Waals surface area contributed by atoms with Crippen LogP contribution in [0, 0.1) is 13.8 Å². The molecule has 108 valence electrons. The number of aryl methyl sites for hydroxylation is 1. The summed E-state index contributed by atoms with van der Waals surface area (Å²) in [5.74, 6) is 0.352. The zero-order valence-corrected chi connectivity index (χ0v) is 14.5. The Morgan fingerprint density at radius 2 is 1.58 bits per heavy atom. The molecule has 0 spiro atoms. The average Bonchev–Trinajstić information content (AvgIpc) is 2.41. The molecule has 0 saturated carbocycles. The second-order valence-corrected chi connectivity index (χ2v) is 8.03. The first kappa shape index (κ1) is 16.6. The van der Waals surface area contributed by atoms with E-state index in [0.717, 1.165) is 3.74 Å². The van der Waals surface area contributed by atoms with Crippen LogP contribution in [0.2, 0.25) is 4.47 Å². The van der Waals surface area contributed by atoms with Crippen molar-refractivity contribution in [1.82, 2.24) is 4.98 Å². The first-order chi connectivity index (χ1) is 9.07. The Morgan fingerprint density at radius 1 is 0.947 bits per heavy atom. The Labute approximate surface area is 126 Å². The van der Waals surface area contributed by atoms with Crippen molar-refractivity contribution in [2.45, 2.75) is 63.8 Å². The normalized spacial score (nSPS) is 10.9. The van der Waals surface area contributed by atoms with Crippen LogP contribution in [0.4, 0.5) is 0 Å². The van der Waals surface area contributed by atoms with Gasteiger partial charge in [-0.2, -0.15) is 0 Å². The summed E-state index contributed by atoms with van der Waals surface area (Å²) in [6, 6.07) is 0. The van der Waals surface area contributed by atoms with E-state index in [-0.39, 0.29) is 11.5 Å². The van der Waals surface area contributed by atoms with Crippen molar-refractivity contribution >= 4 is 24.7 Å². The van der Waals surface area contributed by atoms with Crippen LogP contribution in [-0.2, 0) is 0 Å². The molecule has 0 aliphatic rings. The van der Waals surface area contributed by atoms with Crippen molar-refractivity contribution in [3.63, 3.8) is 0 Å². The molecule has 0 fully saturated rings. The molecule has 1 aromatic rings. The minimum absolute atomic E-state index is 0.133. The summed E-state index contributed by atoms with van der Waals surface area (Å²) in [6.45, 7) is 5.78. The molecule has 0 atom stereocenters. The fourth-order valence-corrected chi connectivity index (χ4v) is 4.90. The van der Waals surface area contributed by atoms with Gasteiger partial charge in [-0.1, -0.05) is 0 Å². The van der Waals surface area contributed by atoms with Crippen molar-refractivity contribution in [3.05, 3.63) is 11.3 Å². The molecule has 0 radical (unpaired) electrons. The van der Waals surface area contributed by atoms with E-state index < -0.39 is 20.9 Å². The van der Waals surface area contributed by atoms with Gasteiger partial charge in [-0.05, 0) is 0 Å². The van der Waals surface area contributed by atoms with Crippen molar-refractivity contribution in [2.24, 2.45) is 0 Å².